The predicted octanol–water partition coefficient (Wildman–Crippen LogP) is 3.36. The van der Waals surface area contributed by atoms with Gasteiger partial charge in [0.2, 0.25) is 0 Å². The first-order chi connectivity index (χ1) is 16.3. The van der Waals surface area contributed by atoms with Crippen LogP contribution < -0.4 is 21.1 Å². The molecule has 10 heteroatoms. The van der Waals surface area contributed by atoms with Crippen molar-refractivity contribution in [1.82, 2.24) is 14.6 Å². The number of aromatic nitrogens is 2. The molecular formula is C24H31N5O4S. The van der Waals surface area contributed by atoms with Crippen LogP contribution in [0.5, 0.6) is 11.5 Å². The zero-order valence-electron chi connectivity index (χ0n) is 19.6. The van der Waals surface area contributed by atoms with Crippen LogP contribution in [0.15, 0.2) is 59.5 Å². The molecule has 0 fully saturated rings. The minimum Gasteiger partial charge on any atom is -0.489 e. The average molecular weight is 486 g/mol. The van der Waals surface area contributed by atoms with Gasteiger partial charge in [-0.05, 0) is 44.5 Å². The number of carboxylic acids is 1. The van der Waals surface area contributed by atoms with E-state index in [1.807, 2.05) is 63.2 Å². The number of imidazole rings is 1. The van der Waals surface area contributed by atoms with Gasteiger partial charge >= 0.3 is 5.97 Å². The monoisotopic (exact) mass is 485 g/mol. The standard InChI is InChI=1S/C24H31N5O4S/c1-16(2)29(26)13-18(25)15-33-21-10-6-7-17(3)23(21)32-11-12-34-24-27-19-8-4-5-9-20(19)28(24)14-22(30)31/h4-10,13,16H,11-12,14-15,25-26H2,1-3H3,(H,30,31)/b18-13-. The number of nitrogens with two attached hydrogens (primary N) is 2. The first kappa shape index (κ1) is 25.3. The Bertz CT molecular complexity index is 1160. The molecule has 9 nitrogen and oxygen atoms in total. The van der Waals surface area contributed by atoms with Gasteiger partial charge in [-0.1, -0.05) is 36.0 Å². The van der Waals surface area contributed by atoms with Gasteiger partial charge in [0, 0.05) is 18.0 Å². The molecule has 0 aliphatic heterocycles. The van der Waals surface area contributed by atoms with Crippen molar-refractivity contribution in [2.24, 2.45) is 11.6 Å². The lowest BCUT2D eigenvalue weighted by Crippen LogP contribution is -2.33. The predicted molar refractivity (Wildman–Crippen MR) is 134 cm³/mol. The Balaban J connectivity index is 1.63. The Hall–Kier alpha value is -3.37. The van der Waals surface area contributed by atoms with Gasteiger partial charge in [-0.3, -0.25) is 4.79 Å². The van der Waals surface area contributed by atoms with Crippen LogP contribution in [0.3, 0.4) is 0 Å². The van der Waals surface area contributed by atoms with Crippen molar-refractivity contribution in [3.8, 4) is 11.5 Å². The zero-order valence-corrected chi connectivity index (χ0v) is 20.4. The Morgan fingerprint density at radius 2 is 2.00 bits per heavy atom. The lowest BCUT2D eigenvalue weighted by atomic mass is 10.2. The van der Waals surface area contributed by atoms with Gasteiger partial charge in [0.15, 0.2) is 16.7 Å². The molecule has 0 aliphatic rings. The average Bonchev–Trinajstić information content (AvgIpc) is 3.13. The number of aryl methyl sites for hydroxylation is 1. The van der Waals surface area contributed by atoms with E-state index >= 15 is 0 Å². The topological polar surface area (TPSA) is 129 Å². The first-order valence-electron chi connectivity index (χ1n) is 10.9. The smallest absolute Gasteiger partial charge is 0.323 e. The quantitative estimate of drug-likeness (QED) is 0.153. The number of aliphatic carboxylic acids is 1. The van der Waals surface area contributed by atoms with Crippen molar-refractivity contribution in [2.75, 3.05) is 19.0 Å². The van der Waals surface area contributed by atoms with E-state index < -0.39 is 5.97 Å². The molecule has 34 heavy (non-hydrogen) atoms. The van der Waals surface area contributed by atoms with Crippen LogP contribution in [0.25, 0.3) is 11.0 Å². The van der Waals surface area contributed by atoms with Crippen molar-refractivity contribution < 1.29 is 19.4 Å². The van der Waals surface area contributed by atoms with E-state index in [2.05, 4.69) is 4.98 Å². The first-order valence-corrected chi connectivity index (χ1v) is 11.9. The fraction of sp³-hybridized carbons (Fsp3) is 0.333. The third-order valence-corrected chi connectivity index (χ3v) is 5.90. The molecule has 3 rings (SSSR count). The summed E-state index contributed by atoms with van der Waals surface area (Å²) < 4.78 is 13.6. The fourth-order valence-corrected chi connectivity index (χ4v) is 4.02. The largest absolute Gasteiger partial charge is 0.489 e. The summed E-state index contributed by atoms with van der Waals surface area (Å²) in [6.07, 6.45) is 1.65. The molecule has 1 heterocycles. The Morgan fingerprint density at radius 3 is 2.74 bits per heavy atom. The highest BCUT2D eigenvalue weighted by molar-refractivity contribution is 7.99. The molecule has 0 radical (unpaired) electrons. The number of hydrazine groups is 1. The summed E-state index contributed by atoms with van der Waals surface area (Å²) in [5.74, 6) is 6.78. The Kier molecular flexibility index (Phi) is 8.67. The molecule has 0 unspecified atom stereocenters. The van der Waals surface area contributed by atoms with Crippen molar-refractivity contribution >= 4 is 28.8 Å². The van der Waals surface area contributed by atoms with Crippen molar-refractivity contribution in [2.45, 2.75) is 38.5 Å². The van der Waals surface area contributed by atoms with Crippen LogP contribution >= 0.6 is 11.8 Å². The zero-order chi connectivity index (χ0) is 24.7. The van der Waals surface area contributed by atoms with E-state index in [9.17, 15) is 9.90 Å². The molecule has 0 amide bonds. The minimum atomic E-state index is -0.914. The van der Waals surface area contributed by atoms with E-state index in [-0.39, 0.29) is 19.2 Å². The van der Waals surface area contributed by atoms with Crippen LogP contribution in [-0.4, -0.2) is 50.6 Å². The van der Waals surface area contributed by atoms with Gasteiger partial charge in [0.25, 0.3) is 0 Å². The van der Waals surface area contributed by atoms with Crippen LogP contribution in [0, 0.1) is 6.92 Å². The minimum absolute atomic E-state index is 0.123. The fourth-order valence-electron chi connectivity index (χ4n) is 3.19. The maximum Gasteiger partial charge on any atom is 0.323 e. The third kappa shape index (κ3) is 6.58. The molecule has 0 atom stereocenters. The second kappa shape index (κ2) is 11.7. The Morgan fingerprint density at radius 1 is 1.24 bits per heavy atom. The molecule has 0 saturated carbocycles. The number of para-hydroxylation sites is 3. The van der Waals surface area contributed by atoms with Crippen LogP contribution in [-0.2, 0) is 11.3 Å². The van der Waals surface area contributed by atoms with Gasteiger partial charge in [0.1, 0.15) is 13.2 Å². The normalized spacial score (nSPS) is 11.7. The maximum atomic E-state index is 11.3. The second-order valence-corrected chi connectivity index (χ2v) is 9.06. The summed E-state index contributed by atoms with van der Waals surface area (Å²) in [4.78, 5) is 15.9. The summed E-state index contributed by atoms with van der Waals surface area (Å²) in [6, 6.07) is 13.3. The molecule has 1 aromatic heterocycles. The molecule has 5 N–H and O–H groups in total. The van der Waals surface area contributed by atoms with E-state index in [4.69, 9.17) is 21.1 Å². The van der Waals surface area contributed by atoms with Gasteiger partial charge in [-0.15, -0.1) is 0 Å². The summed E-state index contributed by atoms with van der Waals surface area (Å²) >= 11 is 1.45. The highest BCUT2D eigenvalue weighted by Crippen LogP contribution is 2.31. The molecule has 0 aliphatic carbocycles. The molecule has 3 aromatic rings. The Labute approximate surface area is 203 Å². The van der Waals surface area contributed by atoms with Crippen molar-refractivity contribution in [3.05, 3.63) is 59.9 Å². The number of hydrogen-bond acceptors (Lipinski definition) is 8. The summed E-state index contributed by atoms with van der Waals surface area (Å²) in [6.45, 7) is 6.29. The van der Waals surface area contributed by atoms with E-state index in [1.54, 1.807) is 10.8 Å². The molecule has 0 spiro atoms. The van der Waals surface area contributed by atoms with E-state index in [0.29, 0.717) is 34.7 Å². The third-order valence-electron chi connectivity index (χ3n) is 4.96. The summed E-state index contributed by atoms with van der Waals surface area (Å²) in [7, 11) is 0. The number of thioether (sulfide) groups is 1. The van der Waals surface area contributed by atoms with Crippen molar-refractivity contribution in [1.29, 1.82) is 0 Å². The molecule has 0 bridgehead atoms. The molecule has 182 valence electrons. The van der Waals surface area contributed by atoms with Gasteiger partial charge in [-0.25, -0.2) is 10.8 Å². The number of hydrogen-bond donors (Lipinski definition) is 3. The number of nitrogens with zero attached hydrogens (tertiary/aromatic N) is 3. The van der Waals surface area contributed by atoms with Crippen molar-refractivity contribution in [3.63, 3.8) is 0 Å². The summed E-state index contributed by atoms with van der Waals surface area (Å²) in [5, 5.41) is 11.5. The van der Waals surface area contributed by atoms with Gasteiger partial charge < -0.3 is 29.9 Å². The number of carbonyl (C=O) groups is 1. The number of carboxylic acid groups (broad SMARTS) is 1. The van der Waals surface area contributed by atoms with Gasteiger partial charge in [0.05, 0.1) is 23.3 Å². The lowest BCUT2D eigenvalue weighted by molar-refractivity contribution is -0.137. The van der Waals surface area contributed by atoms with Crippen LogP contribution in [0.4, 0.5) is 0 Å². The summed E-state index contributed by atoms with van der Waals surface area (Å²) in [5.41, 5.74) is 9.03. The lowest BCUT2D eigenvalue weighted by Gasteiger charge is -2.19. The maximum absolute atomic E-state index is 11.3. The number of ether oxygens (including phenoxy) is 2. The second-order valence-electron chi connectivity index (χ2n) is 8.00. The van der Waals surface area contributed by atoms with Gasteiger partial charge in [-0.2, -0.15) is 0 Å². The van der Waals surface area contributed by atoms with E-state index in [1.165, 1.54) is 16.8 Å². The highest BCUT2D eigenvalue weighted by Gasteiger charge is 2.14. The molecular weight excluding hydrogens is 454 g/mol. The van der Waals surface area contributed by atoms with E-state index in [0.717, 1.165) is 16.6 Å². The number of benzene rings is 2. The number of rotatable bonds is 12. The molecule has 0 saturated heterocycles. The SMILES string of the molecule is Cc1cccc(OC/C(N)=C/N(N)C(C)C)c1OCCSc1nc2ccccc2n1CC(=O)O. The molecule has 2 aromatic carbocycles. The van der Waals surface area contributed by atoms with Crippen LogP contribution in [0.2, 0.25) is 0 Å². The number of fused-ring (bicyclic) bond motifs is 1. The highest BCUT2D eigenvalue weighted by atomic mass is 32.2. The van der Waals surface area contributed by atoms with Crippen LogP contribution in [0.1, 0.15) is 19.4 Å².